The number of benzene rings is 1. The second kappa shape index (κ2) is 7.21. The van der Waals surface area contributed by atoms with Crippen molar-refractivity contribution in [2.45, 2.75) is 65.0 Å². The summed E-state index contributed by atoms with van der Waals surface area (Å²) in [6.45, 7) is 6.82. The predicted molar refractivity (Wildman–Crippen MR) is 83.2 cm³/mol. The Labute approximate surface area is 123 Å². The third kappa shape index (κ3) is 4.59. The van der Waals surface area contributed by atoms with Gasteiger partial charge in [-0.25, -0.2) is 4.39 Å². The molecule has 0 spiro atoms. The zero-order valence-electron chi connectivity index (χ0n) is 13.0. The van der Waals surface area contributed by atoms with E-state index in [0.717, 1.165) is 11.8 Å². The summed E-state index contributed by atoms with van der Waals surface area (Å²) in [7, 11) is 0. The number of rotatable bonds is 5. The lowest BCUT2D eigenvalue weighted by molar-refractivity contribution is 0.242. The zero-order chi connectivity index (χ0) is 14.5. The van der Waals surface area contributed by atoms with Crippen molar-refractivity contribution in [3.63, 3.8) is 0 Å². The Balaban J connectivity index is 1.87. The molecule has 0 saturated heterocycles. The largest absolute Gasteiger partial charge is 0.307 e. The summed E-state index contributed by atoms with van der Waals surface area (Å²) in [4.78, 5) is 0. The van der Waals surface area contributed by atoms with Crippen molar-refractivity contribution in [2.75, 3.05) is 0 Å². The van der Waals surface area contributed by atoms with Gasteiger partial charge in [0.2, 0.25) is 0 Å². The summed E-state index contributed by atoms with van der Waals surface area (Å²) >= 11 is 0. The molecule has 0 aliphatic heterocycles. The first-order valence-electron chi connectivity index (χ1n) is 8.06. The molecule has 0 amide bonds. The second-order valence-electron chi connectivity index (χ2n) is 6.80. The molecule has 1 aliphatic rings. The maximum absolute atomic E-state index is 13.0. The first kappa shape index (κ1) is 15.5. The van der Waals surface area contributed by atoms with Gasteiger partial charge in [0.25, 0.3) is 0 Å². The van der Waals surface area contributed by atoms with E-state index in [4.69, 9.17) is 0 Å². The Morgan fingerprint density at radius 1 is 1.15 bits per heavy atom. The lowest BCUT2D eigenvalue weighted by Crippen LogP contribution is -2.36. The molecule has 1 saturated carbocycles. The normalized spacial score (nSPS) is 24.9. The van der Waals surface area contributed by atoms with Crippen molar-refractivity contribution in [3.8, 4) is 0 Å². The van der Waals surface area contributed by atoms with Crippen molar-refractivity contribution in [1.29, 1.82) is 0 Å². The van der Waals surface area contributed by atoms with Crippen LogP contribution < -0.4 is 5.32 Å². The quantitative estimate of drug-likeness (QED) is 0.791. The lowest BCUT2D eigenvalue weighted by atomic mass is 9.81. The van der Waals surface area contributed by atoms with Crippen LogP contribution in [0.4, 0.5) is 4.39 Å². The third-order valence-electron chi connectivity index (χ3n) is 4.44. The van der Waals surface area contributed by atoms with E-state index in [1.165, 1.54) is 37.7 Å². The summed E-state index contributed by atoms with van der Waals surface area (Å²) in [5.41, 5.74) is 1.18. The van der Waals surface area contributed by atoms with Gasteiger partial charge in [-0.05, 0) is 55.7 Å². The zero-order valence-corrected chi connectivity index (χ0v) is 13.0. The summed E-state index contributed by atoms with van der Waals surface area (Å²) in [6, 6.07) is 7.81. The number of hydrogen-bond donors (Lipinski definition) is 1. The van der Waals surface area contributed by atoms with E-state index in [-0.39, 0.29) is 5.82 Å². The Morgan fingerprint density at radius 2 is 1.85 bits per heavy atom. The van der Waals surface area contributed by atoms with Crippen LogP contribution in [0.3, 0.4) is 0 Å². The van der Waals surface area contributed by atoms with Crippen molar-refractivity contribution < 1.29 is 4.39 Å². The van der Waals surface area contributed by atoms with Crippen LogP contribution in [0.25, 0.3) is 0 Å². The highest BCUT2D eigenvalue weighted by Gasteiger charge is 2.23. The Morgan fingerprint density at radius 3 is 2.50 bits per heavy atom. The van der Waals surface area contributed by atoms with Crippen LogP contribution in [0, 0.1) is 17.7 Å². The highest BCUT2D eigenvalue weighted by atomic mass is 19.1. The lowest BCUT2D eigenvalue weighted by Gasteiger charge is -2.33. The molecule has 2 heteroatoms. The molecule has 1 aromatic carbocycles. The molecular formula is C18H28FN. The summed E-state index contributed by atoms with van der Waals surface area (Å²) < 4.78 is 13.0. The van der Waals surface area contributed by atoms with Crippen LogP contribution in [0.5, 0.6) is 0 Å². The molecule has 2 rings (SSSR count). The van der Waals surface area contributed by atoms with Crippen molar-refractivity contribution >= 4 is 0 Å². The minimum Gasteiger partial charge on any atom is -0.307 e. The monoisotopic (exact) mass is 277 g/mol. The van der Waals surface area contributed by atoms with Crippen LogP contribution in [0.1, 0.15) is 64.5 Å². The van der Waals surface area contributed by atoms with Gasteiger partial charge in [-0.3, -0.25) is 0 Å². The molecule has 3 atom stereocenters. The average Bonchev–Trinajstić information content (AvgIpc) is 2.39. The van der Waals surface area contributed by atoms with E-state index < -0.39 is 0 Å². The van der Waals surface area contributed by atoms with Crippen molar-refractivity contribution in [2.24, 2.45) is 11.8 Å². The SMILES string of the molecule is CC(C)CC1CCCC(N[C@H](C)c2ccc(F)cc2)C1. The fourth-order valence-corrected chi connectivity index (χ4v) is 3.52. The van der Waals surface area contributed by atoms with Gasteiger partial charge in [0.1, 0.15) is 5.82 Å². The van der Waals surface area contributed by atoms with Gasteiger partial charge in [-0.2, -0.15) is 0 Å². The molecule has 0 aromatic heterocycles. The fraction of sp³-hybridized carbons (Fsp3) is 0.667. The van der Waals surface area contributed by atoms with Gasteiger partial charge in [0.15, 0.2) is 0 Å². The van der Waals surface area contributed by atoms with Gasteiger partial charge in [0, 0.05) is 12.1 Å². The van der Waals surface area contributed by atoms with Crippen LogP contribution in [0.2, 0.25) is 0 Å². The predicted octanol–water partition coefficient (Wildman–Crippen LogP) is 5.08. The van der Waals surface area contributed by atoms with Crippen LogP contribution in [0.15, 0.2) is 24.3 Å². The topological polar surface area (TPSA) is 12.0 Å². The van der Waals surface area contributed by atoms with Crippen LogP contribution in [-0.2, 0) is 0 Å². The summed E-state index contributed by atoms with van der Waals surface area (Å²) in [5.74, 6) is 1.52. The summed E-state index contributed by atoms with van der Waals surface area (Å²) in [5, 5.41) is 3.74. The maximum Gasteiger partial charge on any atom is 0.123 e. The van der Waals surface area contributed by atoms with E-state index in [1.807, 2.05) is 12.1 Å². The smallest absolute Gasteiger partial charge is 0.123 e. The molecule has 0 heterocycles. The molecule has 1 N–H and O–H groups in total. The van der Waals surface area contributed by atoms with E-state index in [0.29, 0.717) is 12.1 Å². The minimum absolute atomic E-state index is 0.157. The highest BCUT2D eigenvalue weighted by Crippen LogP contribution is 2.30. The van der Waals surface area contributed by atoms with Gasteiger partial charge in [-0.15, -0.1) is 0 Å². The van der Waals surface area contributed by atoms with E-state index in [9.17, 15) is 4.39 Å². The average molecular weight is 277 g/mol. The number of halogens is 1. The van der Waals surface area contributed by atoms with E-state index in [1.54, 1.807) is 12.1 Å². The molecule has 2 unspecified atom stereocenters. The third-order valence-corrected chi connectivity index (χ3v) is 4.44. The molecular weight excluding hydrogens is 249 g/mol. The van der Waals surface area contributed by atoms with E-state index >= 15 is 0 Å². The maximum atomic E-state index is 13.0. The van der Waals surface area contributed by atoms with Crippen LogP contribution in [-0.4, -0.2) is 6.04 Å². The molecule has 1 nitrogen and oxygen atoms in total. The fourth-order valence-electron chi connectivity index (χ4n) is 3.52. The second-order valence-corrected chi connectivity index (χ2v) is 6.80. The van der Waals surface area contributed by atoms with Gasteiger partial charge >= 0.3 is 0 Å². The highest BCUT2D eigenvalue weighted by molar-refractivity contribution is 5.19. The van der Waals surface area contributed by atoms with Crippen molar-refractivity contribution in [1.82, 2.24) is 5.32 Å². The number of hydrogen-bond acceptors (Lipinski definition) is 1. The molecule has 1 aromatic rings. The van der Waals surface area contributed by atoms with Gasteiger partial charge in [-0.1, -0.05) is 38.8 Å². The van der Waals surface area contributed by atoms with E-state index in [2.05, 4.69) is 26.1 Å². The molecule has 0 radical (unpaired) electrons. The minimum atomic E-state index is -0.157. The Bertz CT molecular complexity index is 398. The molecule has 1 fully saturated rings. The van der Waals surface area contributed by atoms with Gasteiger partial charge < -0.3 is 5.32 Å². The molecule has 20 heavy (non-hydrogen) atoms. The number of nitrogens with one attached hydrogen (secondary N) is 1. The van der Waals surface area contributed by atoms with Crippen molar-refractivity contribution in [3.05, 3.63) is 35.6 Å². The van der Waals surface area contributed by atoms with Gasteiger partial charge in [0.05, 0.1) is 0 Å². The Hall–Kier alpha value is -0.890. The summed E-state index contributed by atoms with van der Waals surface area (Å²) in [6.07, 6.45) is 6.65. The Kier molecular flexibility index (Phi) is 5.59. The molecule has 112 valence electrons. The first-order chi connectivity index (χ1) is 9.54. The standard InChI is InChI=1S/C18H28FN/c1-13(2)11-15-5-4-6-18(12-15)20-14(3)16-7-9-17(19)10-8-16/h7-10,13-15,18,20H,4-6,11-12H2,1-3H3/t14-,15?,18?/m1/s1. The molecule has 0 bridgehead atoms. The van der Waals surface area contributed by atoms with Crippen LogP contribution >= 0.6 is 0 Å². The molecule has 1 aliphatic carbocycles. The first-order valence-corrected chi connectivity index (χ1v) is 8.06.